The van der Waals surface area contributed by atoms with Gasteiger partial charge in [-0.3, -0.25) is 4.57 Å². The Balaban J connectivity index is 1.67. The number of benzene rings is 1. The van der Waals surface area contributed by atoms with Gasteiger partial charge in [0, 0.05) is 22.7 Å². The van der Waals surface area contributed by atoms with E-state index in [0.29, 0.717) is 12.2 Å². The van der Waals surface area contributed by atoms with Crippen LogP contribution in [0.5, 0.6) is 0 Å². The lowest BCUT2D eigenvalue weighted by Crippen LogP contribution is -2.29. The zero-order valence-corrected chi connectivity index (χ0v) is 16.5. The Bertz CT molecular complexity index is 1200. The molecule has 8 nitrogen and oxygen atoms in total. The maximum absolute atomic E-state index is 12.9. The van der Waals surface area contributed by atoms with Crippen molar-refractivity contribution in [2.75, 3.05) is 12.3 Å². The summed E-state index contributed by atoms with van der Waals surface area (Å²) >= 11 is 1.45. The molecule has 154 valence electrons. The van der Waals surface area contributed by atoms with Gasteiger partial charge in [-0.2, -0.15) is 5.10 Å². The number of halogens is 1. The molecular weight excluding hydrogens is 409 g/mol. The fraction of sp³-hybridized carbons (Fsp3) is 0.150. The van der Waals surface area contributed by atoms with E-state index in [1.807, 2.05) is 24.3 Å². The van der Waals surface area contributed by atoms with Crippen molar-refractivity contribution >= 4 is 23.1 Å². The van der Waals surface area contributed by atoms with Crippen molar-refractivity contribution in [2.45, 2.75) is 13.1 Å². The van der Waals surface area contributed by atoms with E-state index in [-0.39, 0.29) is 25.0 Å². The first-order chi connectivity index (χ1) is 14.4. The van der Waals surface area contributed by atoms with Gasteiger partial charge in [-0.25, -0.2) is 18.7 Å². The summed E-state index contributed by atoms with van der Waals surface area (Å²) in [4.78, 5) is 24.7. The monoisotopic (exact) mass is 427 g/mol. The highest BCUT2D eigenvalue weighted by molar-refractivity contribution is 7.12. The van der Waals surface area contributed by atoms with Crippen LogP contribution in [0.4, 0.5) is 14.9 Å². The number of nitrogens with zero attached hydrogens (tertiary/aromatic N) is 3. The van der Waals surface area contributed by atoms with Crippen LogP contribution in [0.3, 0.4) is 0 Å². The predicted octanol–water partition coefficient (Wildman–Crippen LogP) is 2.26. The number of carboxylic acid groups (broad SMARTS) is 1. The van der Waals surface area contributed by atoms with Crippen LogP contribution >= 0.6 is 11.3 Å². The zero-order chi connectivity index (χ0) is 21.5. The molecular formula is C20H18FN5O3S. The number of hydrogen-bond acceptors (Lipinski definition) is 5. The number of carbonyl (C=O) groups is 1. The smallest absolute Gasteiger partial charge is 0.404 e. The van der Waals surface area contributed by atoms with Gasteiger partial charge in [0.25, 0.3) is 0 Å². The normalized spacial score (nSPS) is 11.0. The summed E-state index contributed by atoms with van der Waals surface area (Å²) in [5.41, 5.74) is 6.87. The molecule has 0 saturated heterocycles. The summed E-state index contributed by atoms with van der Waals surface area (Å²) in [6.45, 7) is -0.0827. The van der Waals surface area contributed by atoms with Crippen LogP contribution in [0.2, 0.25) is 0 Å². The lowest BCUT2D eigenvalue weighted by atomic mass is 10.2. The maximum atomic E-state index is 12.9. The molecule has 1 aromatic carbocycles. The summed E-state index contributed by atoms with van der Waals surface area (Å²) in [5, 5.41) is 14.6. The van der Waals surface area contributed by atoms with E-state index < -0.39 is 11.8 Å². The maximum Gasteiger partial charge on any atom is 0.404 e. The second-order valence-corrected chi connectivity index (χ2v) is 7.43. The Morgan fingerprint density at radius 1 is 1.33 bits per heavy atom. The summed E-state index contributed by atoms with van der Waals surface area (Å²) in [6, 6.07) is 11.0. The zero-order valence-electron chi connectivity index (χ0n) is 15.7. The largest absolute Gasteiger partial charge is 0.465 e. The number of anilines is 1. The van der Waals surface area contributed by atoms with Crippen molar-refractivity contribution in [1.29, 1.82) is 0 Å². The van der Waals surface area contributed by atoms with Crippen molar-refractivity contribution in [3.05, 3.63) is 80.4 Å². The summed E-state index contributed by atoms with van der Waals surface area (Å²) in [7, 11) is 0. The fourth-order valence-electron chi connectivity index (χ4n) is 2.55. The molecule has 30 heavy (non-hydrogen) atoms. The molecule has 2 heterocycles. The molecule has 0 spiro atoms. The Kier molecular flexibility index (Phi) is 6.67. The minimum atomic E-state index is -1.28. The third kappa shape index (κ3) is 5.59. The van der Waals surface area contributed by atoms with E-state index in [2.05, 4.69) is 22.3 Å². The van der Waals surface area contributed by atoms with Gasteiger partial charge in [0.2, 0.25) is 0 Å². The van der Waals surface area contributed by atoms with Crippen LogP contribution in [0.1, 0.15) is 15.3 Å². The second-order valence-electron chi connectivity index (χ2n) is 6.27. The molecule has 0 aliphatic rings. The van der Waals surface area contributed by atoms with Crippen LogP contribution in [0, 0.1) is 11.8 Å². The van der Waals surface area contributed by atoms with E-state index >= 15 is 0 Å². The Morgan fingerprint density at radius 2 is 2.17 bits per heavy atom. The molecule has 0 saturated carbocycles. The van der Waals surface area contributed by atoms with Crippen molar-refractivity contribution in [2.24, 2.45) is 0 Å². The molecule has 4 N–H and O–H groups in total. The summed E-state index contributed by atoms with van der Waals surface area (Å²) in [5.74, 6) is 6.12. The van der Waals surface area contributed by atoms with Crippen LogP contribution in [0.15, 0.2) is 59.4 Å². The third-order valence-electron chi connectivity index (χ3n) is 3.98. The molecule has 3 rings (SSSR count). The molecule has 0 radical (unpaired) electrons. The van der Waals surface area contributed by atoms with Crippen molar-refractivity contribution < 1.29 is 14.3 Å². The number of nitrogens with two attached hydrogens (primary N) is 1. The number of hydrogen-bond donors (Lipinski definition) is 3. The summed E-state index contributed by atoms with van der Waals surface area (Å²) in [6.07, 6.45) is 0.353. The van der Waals surface area contributed by atoms with E-state index in [1.165, 1.54) is 22.2 Å². The van der Waals surface area contributed by atoms with Crippen molar-refractivity contribution in [3.8, 4) is 11.8 Å². The molecule has 0 fully saturated rings. The van der Waals surface area contributed by atoms with Crippen LogP contribution in [-0.4, -0.2) is 32.1 Å². The first-order valence-corrected chi connectivity index (χ1v) is 9.59. The van der Waals surface area contributed by atoms with E-state index in [4.69, 9.17) is 10.8 Å². The molecule has 0 unspecified atom stereocenters. The number of rotatable bonds is 6. The molecule has 3 aromatic rings. The Labute approximate surface area is 175 Å². The number of amides is 1. The van der Waals surface area contributed by atoms with Crippen LogP contribution in [-0.2, 0) is 13.1 Å². The molecule has 0 bridgehead atoms. The molecule has 0 aliphatic heterocycles. The first kappa shape index (κ1) is 20.9. The van der Waals surface area contributed by atoms with E-state index in [1.54, 1.807) is 12.1 Å². The summed E-state index contributed by atoms with van der Waals surface area (Å²) < 4.78 is 15.4. The van der Waals surface area contributed by atoms with E-state index in [0.717, 1.165) is 20.0 Å². The average Bonchev–Trinajstić information content (AvgIpc) is 3.31. The minimum Gasteiger partial charge on any atom is -0.465 e. The highest BCUT2D eigenvalue weighted by Gasteiger charge is 2.10. The van der Waals surface area contributed by atoms with Gasteiger partial charge >= 0.3 is 11.8 Å². The van der Waals surface area contributed by atoms with Crippen LogP contribution < -0.4 is 16.7 Å². The Morgan fingerprint density at radius 3 is 2.90 bits per heavy atom. The lowest BCUT2D eigenvalue weighted by molar-refractivity contribution is 0.195. The highest BCUT2D eigenvalue weighted by atomic mass is 32.1. The van der Waals surface area contributed by atoms with Crippen LogP contribution in [0.25, 0.3) is 0 Å². The standard InChI is InChI=1S/C20H18FN5O3S/c21-9-15(10-23-19(27)28)11-26-20(29)25(13-24-26)12-18-7-6-17(30-18)5-4-14-2-1-3-16(22)8-14/h1-3,6-9,13,23H,10-12,22H2,(H,27,28). The van der Waals surface area contributed by atoms with Crippen molar-refractivity contribution in [3.63, 3.8) is 0 Å². The molecule has 0 aliphatic carbocycles. The quantitative estimate of drug-likeness (QED) is 0.412. The Hall–Kier alpha value is -3.84. The number of nitrogen functional groups attached to an aromatic ring is 1. The molecule has 2 aromatic heterocycles. The van der Waals surface area contributed by atoms with Crippen molar-refractivity contribution in [1.82, 2.24) is 19.7 Å². The topological polar surface area (TPSA) is 115 Å². The predicted molar refractivity (Wildman–Crippen MR) is 112 cm³/mol. The van der Waals surface area contributed by atoms with Gasteiger partial charge < -0.3 is 16.2 Å². The third-order valence-corrected chi connectivity index (χ3v) is 4.96. The van der Waals surface area contributed by atoms with E-state index in [9.17, 15) is 14.0 Å². The van der Waals surface area contributed by atoms with Gasteiger partial charge in [-0.05, 0) is 35.9 Å². The van der Waals surface area contributed by atoms with Gasteiger partial charge in [0.05, 0.1) is 24.3 Å². The average molecular weight is 427 g/mol. The number of thiophene rings is 1. The fourth-order valence-corrected chi connectivity index (χ4v) is 3.41. The van der Waals surface area contributed by atoms with Gasteiger partial charge in [0.15, 0.2) is 0 Å². The minimum absolute atomic E-state index is 0.0833. The lowest BCUT2D eigenvalue weighted by Gasteiger charge is -2.05. The molecule has 0 atom stereocenters. The highest BCUT2D eigenvalue weighted by Crippen LogP contribution is 2.16. The first-order valence-electron chi connectivity index (χ1n) is 8.78. The van der Waals surface area contributed by atoms with Gasteiger partial charge in [0.1, 0.15) is 6.33 Å². The molecule has 1 amide bonds. The van der Waals surface area contributed by atoms with Gasteiger partial charge in [-0.1, -0.05) is 17.9 Å². The number of aromatic nitrogens is 3. The van der Waals surface area contributed by atoms with Gasteiger partial charge in [-0.15, -0.1) is 11.3 Å². The number of nitrogens with one attached hydrogen (secondary N) is 1. The second kappa shape index (κ2) is 9.58. The SMILES string of the molecule is Nc1cccc(C#Cc2ccc(Cn3cnn(CC(=CF)CNC(=O)O)c3=O)s2)c1. The molecule has 10 heteroatoms.